The Morgan fingerprint density at radius 3 is 2.19 bits per heavy atom. The van der Waals surface area contributed by atoms with Crippen molar-refractivity contribution in [3.63, 3.8) is 0 Å². The maximum absolute atomic E-state index is 13.7. The van der Waals surface area contributed by atoms with E-state index in [-0.39, 0.29) is 18.3 Å². The van der Waals surface area contributed by atoms with E-state index in [4.69, 9.17) is 30.5 Å². The van der Waals surface area contributed by atoms with Crippen LogP contribution < -0.4 is 19.5 Å². The van der Waals surface area contributed by atoms with Gasteiger partial charge in [-0.05, 0) is 61.6 Å². The Bertz CT molecular complexity index is 1220. The minimum atomic E-state index is -0.646. The van der Waals surface area contributed by atoms with Crippen LogP contribution in [-0.2, 0) is 14.3 Å². The molecule has 36 heavy (non-hydrogen) atoms. The van der Waals surface area contributed by atoms with Crippen LogP contribution in [0.25, 0.3) is 0 Å². The van der Waals surface area contributed by atoms with E-state index in [1.54, 1.807) is 19.1 Å². The third kappa shape index (κ3) is 4.67. The third-order valence-electron chi connectivity index (χ3n) is 6.68. The van der Waals surface area contributed by atoms with Gasteiger partial charge in [0.05, 0.1) is 33.5 Å². The number of nitrogens with one attached hydrogen (secondary N) is 1. The molecule has 4 rings (SSSR count). The number of methoxy groups -OCH3 is 3. The lowest BCUT2D eigenvalue weighted by molar-refractivity contribution is -0.138. The zero-order chi connectivity index (χ0) is 26.0. The summed E-state index contributed by atoms with van der Waals surface area (Å²) in [6.45, 7) is 3.80. The second-order valence-corrected chi connectivity index (χ2v) is 9.18. The molecule has 1 aliphatic carbocycles. The highest BCUT2D eigenvalue weighted by Gasteiger charge is 2.42. The lowest BCUT2D eigenvalue weighted by Gasteiger charge is -2.37. The number of rotatable bonds is 7. The van der Waals surface area contributed by atoms with Gasteiger partial charge in [-0.2, -0.15) is 0 Å². The molecule has 190 valence electrons. The van der Waals surface area contributed by atoms with E-state index in [9.17, 15) is 9.59 Å². The lowest BCUT2D eigenvalue weighted by Crippen LogP contribution is -2.36. The van der Waals surface area contributed by atoms with Gasteiger partial charge in [0.15, 0.2) is 17.3 Å². The zero-order valence-corrected chi connectivity index (χ0v) is 21.8. The Morgan fingerprint density at radius 2 is 1.64 bits per heavy atom. The summed E-state index contributed by atoms with van der Waals surface area (Å²) in [6.07, 6.45) is 0.940. The summed E-state index contributed by atoms with van der Waals surface area (Å²) in [6, 6.07) is 11.2. The van der Waals surface area contributed by atoms with Gasteiger partial charge in [0, 0.05) is 34.3 Å². The van der Waals surface area contributed by atoms with Gasteiger partial charge in [-0.25, -0.2) is 4.79 Å². The fraction of sp³-hybridized carbons (Fsp3) is 0.357. The molecule has 1 heterocycles. The average molecular weight is 512 g/mol. The predicted octanol–water partition coefficient (Wildman–Crippen LogP) is 5.29. The molecular weight excluding hydrogens is 482 g/mol. The maximum atomic E-state index is 13.7. The highest BCUT2D eigenvalue weighted by molar-refractivity contribution is 6.30. The molecule has 2 aromatic rings. The van der Waals surface area contributed by atoms with Crippen LogP contribution >= 0.6 is 11.6 Å². The van der Waals surface area contributed by atoms with E-state index in [2.05, 4.69) is 5.32 Å². The van der Waals surface area contributed by atoms with Crippen molar-refractivity contribution in [3.8, 4) is 17.2 Å². The number of dihydropyridines is 1. The molecule has 1 N–H and O–H groups in total. The van der Waals surface area contributed by atoms with E-state index in [1.807, 2.05) is 31.2 Å². The van der Waals surface area contributed by atoms with E-state index < -0.39 is 11.9 Å². The first-order valence-electron chi connectivity index (χ1n) is 11.8. The van der Waals surface area contributed by atoms with Crippen molar-refractivity contribution >= 4 is 23.4 Å². The zero-order valence-electron chi connectivity index (χ0n) is 21.1. The highest BCUT2D eigenvalue weighted by Crippen LogP contribution is 2.49. The molecule has 0 aromatic heterocycles. The van der Waals surface area contributed by atoms with Gasteiger partial charge in [-0.3, -0.25) is 4.79 Å². The highest BCUT2D eigenvalue weighted by atomic mass is 35.5. The molecule has 0 spiro atoms. The molecule has 2 aromatic carbocycles. The summed E-state index contributed by atoms with van der Waals surface area (Å²) < 4.78 is 22.0. The maximum Gasteiger partial charge on any atom is 0.336 e. The van der Waals surface area contributed by atoms with Gasteiger partial charge in [0.1, 0.15) is 0 Å². The topological polar surface area (TPSA) is 83.1 Å². The molecule has 0 radical (unpaired) electrons. The fourth-order valence-corrected chi connectivity index (χ4v) is 5.22. The van der Waals surface area contributed by atoms with Crippen molar-refractivity contribution in [2.75, 3.05) is 27.9 Å². The standard InChI is InChI=1S/C28H30ClNO6/c1-6-36-28(32)24-15(2)30-20-11-17(16-7-9-19(29)10-8-16)12-21(31)26(20)25(24)18-13-22(33-3)27(35-5)23(14-18)34-4/h7-10,13-14,17,25,30H,6,11-12H2,1-5H3/t17-,25-/m1/s1. The number of carbonyl (C=O) groups excluding carboxylic acids is 2. The lowest BCUT2D eigenvalue weighted by atomic mass is 9.71. The van der Waals surface area contributed by atoms with Crippen LogP contribution in [0.2, 0.25) is 5.02 Å². The fourth-order valence-electron chi connectivity index (χ4n) is 5.09. The SMILES string of the molecule is CCOC(=O)C1=C(C)NC2=C(C(=O)C[C@H](c3ccc(Cl)cc3)C2)[C@@H]1c1cc(OC)c(OC)c(OC)c1. The second kappa shape index (κ2) is 10.7. The van der Waals surface area contributed by atoms with E-state index in [1.165, 1.54) is 21.3 Å². The first-order valence-corrected chi connectivity index (χ1v) is 12.2. The number of ether oxygens (including phenoxy) is 4. The van der Waals surface area contributed by atoms with Crippen LogP contribution in [-0.4, -0.2) is 39.7 Å². The third-order valence-corrected chi connectivity index (χ3v) is 6.94. The van der Waals surface area contributed by atoms with Crippen molar-refractivity contribution in [1.82, 2.24) is 5.32 Å². The summed E-state index contributed by atoms with van der Waals surface area (Å²) in [7, 11) is 4.59. The van der Waals surface area contributed by atoms with Crippen LogP contribution in [0.15, 0.2) is 58.9 Å². The second-order valence-electron chi connectivity index (χ2n) is 8.75. The smallest absolute Gasteiger partial charge is 0.336 e. The van der Waals surface area contributed by atoms with Gasteiger partial charge in [0.2, 0.25) is 5.75 Å². The van der Waals surface area contributed by atoms with E-state index >= 15 is 0 Å². The summed E-state index contributed by atoms with van der Waals surface area (Å²) in [4.78, 5) is 26.9. The van der Waals surface area contributed by atoms with Crippen molar-refractivity contribution in [3.05, 3.63) is 75.1 Å². The molecule has 2 aliphatic rings. The summed E-state index contributed by atoms with van der Waals surface area (Å²) >= 11 is 6.07. The molecular formula is C28H30ClNO6. The monoisotopic (exact) mass is 511 g/mol. The summed E-state index contributed by atoms with van der Waals surface area (Å²) in [5, 5.41) is 4.00. The van der Waals surface area contributed by atoms with Crippen LogP contribution in [0.5, 0.6) is 17.2 Å². The number of benzene rings is 2. The molecule has 0 saturated carbocycles. The Kier molecular flexibility index (Phi) is 7.59. The largest absolute Gasteiger partial charge is 0.493 e. The van der Waals surface area contributed by atoms with E-state index in [0.717, 1.165) is 11.3 Å². The van der Waals surface area contributed by atoms with Crippen molar-refractivity contribution < 1.29 is 28.5 Å². The summed E-state index contributed by atoms with van der Waals surface area (Å²) in [5.41, 5.74) is 4.12. The predicted molar refractivity (Wildman–Crippen MR) is 137 cm³/mol. The van der Waals surface area contributed by atoms with E-state index in [0.29, 0.717) is 57.5 Å². The number of halogens is 1. The minimum absolute atomic E-state index is 0.00134. The summed E-state index contributed by atoms with van der Waals surface area (Å²) in [5.74, 6) is 0.165. The number of allylic oxidation sites excluding steroid dienone is 3. The Hall–Kier alpha value is -3.45. The average Bonchev–Trinajstić information content (AvgIpc) is 2.87. The van der Waals surface area contributed by atoms with Crippen LogP contribution in [0.3, 0.4) is 0 Å². The molecule has 1 aliphatic heterocycles. The number of carbonyl (C=O) groups is 2. The van der Waals surface area contributed by atoms with Crippen LogP contribution in [0, 0.1) is 0 Å². The molecule has 0 saturated heterocycles. The Balaban J connectivity index is 1.87. The number of Topliss-reactive ketones (excluding diaryl/α,β-unsaturated/α-hetero) is 1. The first kappa shape index (κ1) is 25.6. The van der Waals surface area contributed by atoms with Gasteiger partial charge < -0.3 is 24.3 Å². The van der Waals surface area contributed by atoms with Gasteiger partial charge >= 0.3 is 5.97 Å². The molecule has 2 atom stereocenters. The molecule has 0 amide bonds. The molecule has 7 nitrogen and oxygen atoms in total. The molecule has 0 fully saturated rings. The normalized spacial score (nSPS) is 19.4. The van der Waals surface area contributed by atoms with Gasteiger partial charge in [0.25, 0.3) is 0 Å². The molecule has 0 unspecified atom stereocenters. The number of esters is 1. The quantitative estimate of drug-likeness (QED) is 0.505. The van der Waals surface area contributed by atoms with Crippen LogP contribution in [0.1, 0.15) is 49.7 Å². The first-order chi connectivity index (χ1) is 17.3. The Morgan fingerprint density at radius 1 is 1.00 bits per heavy atom. The van der Waals surface area contributed by atoms with Crippen molar-refractivity contribution in [2.24, 2.45) is 0 Å². The van der Waals surface area contributed by atoms with Crippen molar-refractivity contribution in [1.29, 1.82) is 0 Å². The number of hydrogen-bond donors (Lipinski definition) is 1. The number of ketones is 1. The van der Waals surface area contributed by atoms with Crippen molar-refractivity contribution in [2.45, 2.75) is 38.5 Å². The number of hydrogen-bond acceptors (Lipinski definition) is 7. The molecule has 0 bridgehead atoms. The molecule has 8 heteroatoms. The van der Waals surface area contributed by atoms with Crippen LogP contribution in [0.4, 0.5) is 0 Å². The van der Waals surface area contributed by atoms with Gasteiger partial charge in [-0.1, -0.05) is 23.7 Å². The Labute approximate surface area is 216 Å². The minimum Gasteiger partial charge on any atom is -0.493 e. The van der Waals surface area contributed by atoms with Gasteiger partial charge in [-0.15, -0.1) is 0 Å².